The summed E-state index contributed by atoms with van der Waals surface area (Å²) in [5, 5.41) is 2.86. The van der Waals surface area contributed by atoms with Crippen LogP contribution >= 0.6 is 0 Å². The summed E-state index contributed by atoms with van der Waals surface area (Å²) in [7, 11) is 0. The largest absolute Gasteiger partial charge is 0.356 e. The molecule has 88 valence electrons. The minimum Gasteiger partial charge on any atom is -0.356 e. The Labute approximate surface area is 92.6 Å². The number of carbonyl (C=O) groups is 2. The minimum absolute atomic E-state index is 0.141. The number of ketones is 1. The van der Waals surface area contributed by atoms with E-state index >= 15 is 0 Å². The molecular weight excluding hydrogens is 190 g/mol. The van der Waals surface area contributed by atoms with Crippen molar-refractivity contribution in [1.29, 1.82) is 0 Å². The summed E-state index contributed by atoms with van der Waals surface area (Å²) in [6.45, 7) is 4.64. The van der Waals surface area contributed by atoms with Gasteiger partial charge in [-0.1, -0.05) is 20.3 Å². The Morgan fingerprint density at radius 2 is 1.73 bits per heavy atom. The lowest BCUT2D eigenvalue weighted by atomic mass is 10.1. The standard InChI is InChI=1S/C12H23NO2/c1-3-8-12(15)13-10-7-5-6-9-11(14)4-2/h3-10H2,1-2H3,(H,13,15). The number of carbonyl (C=O) groups excluding carboxylic acids is 2. The van der Waals surface area contributed by atoms with E-state index in [0.717, 1.165) is 32.2 Å². The Bertz CT molecular complexity index is 190. The zero-order chi connectivity index (χ0) is 11.5. The summed E-state index contributed by atoms with van der Waals surface area (Å²) < 4.78 is 0. The van der Waals surface area contributed by atoms with Crippen molar-refractivity contribution in [2.45, 2.75) is 58.8 Å². The van der Waals surface area contributed by atoms with Crippen molar-refractivity contribution in [3.05, 3.63) is 0 Å². The highest BCUT2D eigenvalue weighted by atomic mass is 16.1. The van der Waals surface area contributed by atoms with E-state index in [1.807, 2.05) is 13.8 Å². The second-order valence-corrected chi connectivity index (χ2v) is 3.80. The van der Waals surface area contributed by atoms with Crippen molar-refractivity contribution >= 4 is 11.7 Å². The summed E-state index contributed by atoms with van der Waals surface area (Å²) in [5.74, 6) is 0.479. The third kappa shape index (κ3) is 9.44. The molecule has 0 aromatic heterocycles. The molecule has 15 heavy (non-hydrogen) atoms. The average molecular weight is 213 g/mol. The van der Waals surface area contributed by atoms with E-state index in [1.165, 1.54) is 0 Å². The van der Waals surface area contributed by atoms with Gasteiger partial charge in [-0.25, -0.2) is 0 Å². The molecular formula is C12H23NO2. The molecule has 1 amide bonds. The smallest absolute Gasteiger partial charge is 0.219 e. The topological polar surface area (TPSA) is 46.2 Å². The normalized spacial score (nSPS) is 10.0. The van der Waals surface area contributed by atoms with Gasteiger partial charge in [0.15, 0.2) is 0 Å². The van der Waals surface area contributed by atoms with Gasteiger partial charge in [0, 0.05) is 25.8 Å². The molecule has 0 fully saturated rings. The highest BCUT2D eigenvalue weighted by Gasteiger charge is 1.99. The van der Waals surface area contributed by atoms with Gasteiger partial charge in [-0.3, -0.25) is 9.59 Å². The van der Waals surface area contributed by atoms with Gasteiger partial charge in [0.2, 0.25) is 5.91 Å². The van der Waals surface area contributed by atoms with Crippen LogP contribution in [0.3, 0.4) is 0 Å². The number of hydrogen-bond acceptors (Lipinski definition) is 2. The Hall–Kier alpha value is -0.860. The molecule has 0 aromatic rings. The van der Waals surface area contributed by atoms with Crippen molar-refractivity contribution in [1.82, 2.24) is 5.32 Å². The Kier molecular flexibility index (Phi) is 9.13. The first-order valence-corrected chi connectivity index (χ1v) is 5.99. The van der Waals surface area contributed by atoms with Crippen LogP contribution in [0.15, 0.2) is 0 Å². The van der Waals surface area contributed by atoms with Crippen LogP contribution in [0.2, 0.25) is 0 Å². The van der Waals surface area contributed by atoms with E-state index < -0.39 is 0 Å². The summed E-state index contributed by atoms with van der Waals surface area (Å²) in [5.41, 5.74) is 0. The van der Waals surface area contributed by atoms with Crippen molar-refractivity contribution in [2.75, 3.05) is 6.54 Å². The Balaban J connectivity index is 3.18. The zero-order valence-electron chi connectivity index (χ0n) is 9.97. The molecule has 3 heteroatoms. The summed E-state index contributed by atoms with van der Waals surface area (Å²) >= 11 is 0. The van der Waals surface area contributed by atoms with Crippen LogP contribution in [0.1, 0.15) is 58.8 Å². The molecule has 0 saturated heterocycles. The van der Waals surface area contributed by atoms with Crippen molar-refractivity contribution < 1.29 is 9.59 Å². The quantitative estimate of drug-likeness (QED) is 0.598. The van der Waals surface area contributed by atoms with Gasteiger partial charge in [-0.05, 0) is 19.3 Å². The van der Waals surface area contributed by atoms with Gasteiger partial charge in [-0.2, -0.15) is 0 Å². The van der Waals surface area contributed by atoms with Crippen LogP contribution in [0, 0.1) is 0 Å². The number of nitrogens with one attached hydrogen (secondary N) is 1. The highest BCUT2D eigenvalue weighted by molar-refractivity contribution is 5.77. The van der Waals surface area contributed by atoms with E-state index in [0.29, 0.717) is 25.0 Å². The lowest BCUT2D eigenvalue weighted by Crippen LogP contribution is -2.23. The third-order valence-corrected chi connectivity index (χ3v) is 2.33. The van der Waals surface area contributed by atoms with Crippen LogP contribution in [0.5, 0.6) is 0 Å². The fourth-order valence-electron chi connectivity index (χ4n) is 1.34. The average Bonchev–Trinajstić information content (AvgIpc) is 2.23. The molecule has 3 nitrogen and oxygen atoms in total. The van der Waals surface area contributed by atoms with Gasteiger partial charge in [-0.15, -0.1) is 0 Å². The second-order valence-electron chi connectivity index (χ2n) is 3.80. The molecule has 0 rings (SSSR count). The molecule has 1 N–H and O–H groups in total. The van der Waals surface area contributed by atoms with Gasteiger partial charge in [0.05, 0.1) is 0 Å². The summed E-state index contributed by atoms with van der Waals surface area (Å²) in [4.78, 5) is 22.0. The van der Waals surface area contributed by atoms with Crippen molar-refractivity contribution in [2.24, 2.45) is 0 Å². The molecule has 0 atom stereocenters. The molecule has 0 aliphatic rings. The van der Waals surface area contributed by atoms with Crippen LogP contribution in [0.4, 0.5) is 0 Å². The van der Waals surface area contributed by atoms with Crippen LogP contribution in [0.25, 0.3) is 0 Å². The number of rotatable bonds is 9. The maximum atomic E-state index is 11.1. The fraction of sp³-hybridized carbons (Fsp3) is 0.833. The number of unbranched alkanes of at least 4 members (excludes halogenated alkanes) is 2. The van der Waals surface area contributed by atoms with E-state index in [4.69, 9.17) is 0 Å². The molecule has 0 radical (unpaired) electrons. The molecule has 0 aliphatic carbocycles. The number of hydrogen-bond donors (Lipinski definition) is 1. The molecule has 0 aliphatic heterocycles. The first-order valence-electron chi connectivity index (χ1n) is 5.99. The highest BCUT2D eigenvalue weighted by Crippen LogP contribution is 2.01. The summed E-state index contributed by atoms with van der Waals surface area (Å²) in [6.07, 6.45) is 5.82. The number of amides is 1. The zero-order valence-corrected chi connectivity index (χ0v) is 9.97. The second kappa shape index (κ2) is 9.69. The third-order valence-electron chi connectivity index (χ3n) is 2.33. The van der Waals surface area contributed by atoms with Crippen LogP contribution in [-0.2, 0) is 9.59 Å². The first-order chi connectivity index (χ1) is 7.20. The van der Waals surface area contributed by atoms with Gasteiger partial charge < -0.3 is 5.32 Å². The molecule has 0 aromatic carbocycles. The van der Waals surface area contributed by atoms with E-state index in [2.05, 4.69) is 5.32 Å². The van der Waals surface area contributed by atoms with Crippen LogP contribution in [-0.4, -0.2) is 18.2 Å². The Morgan fingerprint density at radius 3 is 2.33 bits per heavy atom. The maximum absolute atomic E-state index is 11.1. The van der Waals surface area contributed by atoms with E-state index in [1.54, 1.807) is 0 Å². The van der Waals surface area contributed by atoms with E-state index in [9.17, 15) is 9.59 Å². The first kappa shape index (κ1) is 14.1. The van der Waals surface area contributed by atoms with Gasteiger partial charge >= 0.3 is 0 Å². The minimum atomic E-state index is 0.141. The Morgan fingerprint density at radius 1 is 1.00 bits per heavy atom. The maximum Gasteiger partial charge on any atom is 0.219 e. The molecule has 0 spiro atoms. The summed E-state index contributed by atoms with van der Waals surface area (Å²) in [6, 6.07) is 0. The predicted molar refractivity (Wildman–Crippen MR) is 61.7 cm³/mol. The molecule has 0 saturated carbocycles. The molecule has 0 bridgehead atoms. The molecule has 0 unspecified atom stereocenters. The van der Waals surface area contributed by atoms with Crippen LogP contribution < -0.4 is 5.32 Å². The SMILES string of the molecule is CCCC(=O)NCCCCCC(=O)CC. The lowest BCUT2D eigenvalue weighted by Gasteiger charge is -2.03. The van der Waals surface area contributed by atoms with Crippen molar-refractivity contribution in [3.63, 3.8) is 0 Å². The van der Waals surface area contributed by atoms with Crippen molar-refractivity contribution in [3.8, 4) is 0 Å². The predicted octanol–water partition coefficient (Wildman–Crippen LogP) is 2.44. The van der Waals surface area contributed by atoms with Gasteiger partial charge in [0.25, 0.3) is 0 Å². The van der Waals surface area contributed by atoms with E-state index in [-0.39, 0.29) is 5.91 Å². The fourth-order valence-corrected chi connectivity index (χ4v) is 1.34. The number of Topliss-reactive ketones (excluding diaryl/α,β-unsaturated/α-hetero) is 1. The molecule has 0 heterocycles. The lowest BCUT2D eigenvalue weighted by molar-refractivity contribution is -0.121. The van der Waals surface area contributed by atoms with Gasteiger partial charge in [0.1, 0.15) is 5.78 Å². The monoisotopic (exact) mass is 213 g/mol.